The molecule has 45 heavy (non-hydrogen) atoms. The summed E-state index contributed by atoms with van der Waals surface area (Å²) in [6.45, 7) is 0.339. The van der Waals surface area contributed by atoms with Crippen molar-refractivity contribution in [2.24, 2.45) is 0 Å². The largest absolute Gasteiger partial charge is 0.475 e. The van der Waals surface area contributed by atoms with Crippen LogP contribution in [0.1, 0.15) is 23.1 Å². The zero-order valence-corrected chi connectivity index (χ0v) is 24.7. The van der Waals surface area contributed by atoms with Crippen LogP contribution in [0.3, 0.4) is 0 Å². The fraction of sp³-hybridized carbons (Fsp3) is 0.194. The first-order chi connectivity index (χ1) is 21.8. The number of rotatable bonds is 13. The number of halogens is 3. The summed E-state index contributed by atoms with van der Waals surface area (Å²) in [5, 5.41) is 10.00. The van der Waals surface area contributed by atoms with Crippen LogP contribution in [-0.4, -0.2) is 37.7 Å². The van der Waals surface area contributed by atoms with Gasteiger partial charge in [0.25, 0.3) is 0 Å². The van der Waals surface area contributed by atoms with Gasteiger partial charge in [0.15, 0.2) is 11.5 Å². The number of nitrogens with zero attached hydrogens (tertiary/aromatic N) is 4. The van der Waals surface area contributed by atoms with Gasteiger partial charge in [-0.1, -0.05) is 60.7 Å². The van der Waals surface area contributed by atoms with Crippen molar-refractivity contribution in [2.75, 3.05) is 18.5 Å². The second-order valence-electron chi connectivity index (χ2n) is 10.0. The number of fused-ring (bicyclic) bond motifs is 3. The molecule has 2 N–H and O–H groups in total. The maximum absolute atomic E-state index is 13.5. The summed E-state index contributed by atoms with van der Waals surface area (Å²) in [5.41, 5.74) is 3.02. The van der Waals surface area contributed by atoms with Crippen LogP contribution in [0, 0.1) is 0 Å². The molecule has 3 heterocycles. The average molecular weight is 637 g/mol. The molecular weight excluding hydrogens is 608 g/mol. The van der Waals surface area contributed by atoms with Crippen LogP contribution in [0.15, 0.2) is 97.3 Å². The highest BCUT2D eigenvalue weighted by molar-refractivity contribution is 7.48. The van der Waals surface area contributed by atoms with Gasteiger partial charge in [-0.2, -0.15) is 18.3 Å². The van der Waals surface area contributed by atoms with Gasteiger partial charge < -0.3 is 5.32 Å². The molecule has 232 valence electrons. The first-order valence-electron chi connectivity index (χ1n) is 14.0. The van der Waals surface area contributed by atoms with Crippen LogP contribution in [0.4, 0.5) is 19.0 Å². The van der Waals surface area contributed by atoms with Gasteiger partial charge in [-0.15, -0.1) is 0 Å². The Morgan fingerprint density at radius 3 is 2.20 bits per heavy atom. The van der Waals surface area contributed by atoms with Crippen molar-refractivity contribution in [3.63, 3.8) is 0 Å². The SMILES string of the molecule is O=P(OCCCNc1nc2cc(C(F)(F)F)ccc2n2c(-c3ccn[nH]3)cnc12)(OCc1ccccc1)OCc1ccccc1. The first-order valence-corrected chi connectivity index (χ1v) is 15.5. The van der Waals surface area contributed by atoms with Crippen LogP contribution in [0.5, 0.6) is 0 Å². The number of alkyl halides is 3. The van der Waals surface area contributed by atoms with Gasteiger partial charge in [0.1, 0.15) is 0 Å². The summed E-state index contributed by atoms with van der Waals surface area (Å²) < 4.78 is 72.8. The molecular formula is C31H28F3N6O4P. The summed E-state index contributed by atoms with van der Waals surface area (Å²) >= 11 is 0. The van der Waals surface area contributed by atoms with Crippen molar-refractivity contribution in [3.05, 3.63) is 114 Å². The third-order valence-electron chi connectivity index (χ3n) is 6.85. The van der Waals surface area contributed by atoms with Gasteiger partial charge in [0.05, 0.1) is 54.0 Å². The molecule has 0 radical (unpaired) electrons. The maximum atomic E-state index is 13.5. The number of phosphoric ester groups is 1. The van der Waals surface area contributed by atoms with Gasteiger partial charge in [0, 0.05) is 12.7 Å². The van der Waals surface area contributed by atoms with Crippen molar-refractivity contribution in [1.29, 1.82) is 0 Å². The van der Waals surface area contributed by atoms with E-state index in [0.717, 1.165) is 23.3 Å². The van der Waals surface area contributed by atoms with E-state index in [1.165, 1.54) is 6.07 Å². The molecule has 0 saturated carbocycles. The standard InChI is InChI=1S/C31H28F3N6O4P/c32-31(33,34)24-12-13-27-26(18-24)38-29(30-36-19-28(40(27)30)25-14-16-37-39-25)35-15-7-17-42-45(41,43-20-22-8-3-1-4-9-22)44-21-23-10-5-2-6-11-23/h1-6,8-14,16,18-19H,7,15,17,20-21H2,(H,35,38)(H,37,39). The number of nitrogens with one attached hydrogen (secondary N) is 2. The molecule has 10 nitrogen and oxygen atoms in total. The highest BCUT2D eigenvalue weighted by atomic mass is 31.2. The summed E-state index contributed by atoms with van der Waals surface area (Å²) in [6, 6.07) is 23.6. The first kappa shape index (κ1) is 30.5. The topological polar surface area (TPSA) is 116 Å². The highest BCUT2D eigenvalue weighted by Crippen LogP contribution is 2.51. The summed E-state index contributed by atoms with van der Waals surface area (Å²) in [4.78, 5) is 8.97. The van der Waals surface area contributed by atoms with E-state index in [-0.39, 0.29) is 37.7 Å². The molecule has 6 rings (SSSR count). The van der Waals surface area contributed by atoms with Crippen LogP contribution in [0.2, 0.25) is 0 Å². The summed E-state index contributed by atoms with van der Waals surface area (Å²) in [7, 11) is -3.96. The number of hydrogen-bond donors (Lipinski definition) is 2. The number of aromatic amines is 1. The highest BCUT2D eigenvalue weighted by Gasteiger charge is 2.31. The molecule has 0 atom stereocenters. The molecule has 3 aromatic heterocycles. The number of hydrogen-bond acceptors (Lipinski definition) is 8. The molecule has 0 unspecified atom stereocenters. The minimum Gasteiger partial charge on any atom is -0.367 e. The van der Waals surface area contributed by atoms with Crippen LogP contribution in [-0.2, 0) is 37.5 Å². The van der Waals surface area contributed by atoms with E-state index in [1.807, 2.05) is 60.7 Å². The maximum Gasteiger partial charge on any atom is 0.475 e. The molecule has 0 amide bonds. The summed E-state index contributed by atoms with van der Waals surface area (Å²) in [5.74, 6) is 0.274. The van der Waals surface area contributed by atoms with E-state index in [2.05, 4.69) is 25.5 Å². The minimum absolute atomic E-state index is 0.00375. The van der Waals surface area contributed by atoms with E-state index in [4.69, 9.17) is 13.6 Å². The molecule has 0 saturated heterocycles. The Labute approximate surface area is 255 Å². The molecule has 0 fully saturated rings. The number of benzene rings is 3. The minimum atomic E-state index is -4.53. The molecule has 14 heteroatoms. The monoisotopic (exact) mass is 636 g/mol. The smallest absolute Gasteiger partial charge is 0.367 e. The van der Waals surface area contributed by atoms with Gasteiger partial charge in [0.2, 0.25) is 0 Å². The lowest BCUT2D eigenvalue weighted by atomic mass is 10.2. The second kappa shape index (κ2) is 13.2. The lowest BCUT2D eigenvalue weighted by molar-refractivity contribution is -0.137. The fourth-order valence-corrected chi connectivity index (χ4v) is 5.83. The van der Waals surface area contributed by atoms with E-state index in [1.54, 1.807) is 22.9 Å². The zero-order valence-electron chi connectivity index (χ0n) is 23.8. The van der Waals surface area contributed by atoms with Crippen LogP contribution in [0.25, 0.3) is 28.1 Å². The average Bonchev–Trinajstić information content (AvgIpc) is 3.74. The molecule has 0 bridgehead atoms. The van der Waals surface area contributed by atoms with Crippen molar-refractivity contribution < 1.29 is 31.3 Å². The number of anilines is 1. The Morgan fingerprint density at radius 1 is 0.889 bits per heavy atom. The van der Waals surface area contributed by atoms with E-state index in [0.29, 0.717) is 29.0 Å². The lowest BCUT2D eigenvalue weighted by Gasteiger charge is -2.18. The third kappa shape index (κ3) is 7.23. The number of imidazole rings is 1. The summed E-state index contributed by atoms with van der Waals surface area (Å²) in [6.07, 6.45) is -1.02. The van der Waals surface area contributed by atoms with Crippen molar-refractivity contribution >= 4 is 30.3 Å². The quantitative estimate of drug-likeness (QED) is 0.0981. The molecule has 0 spiro atoms. The number of H-pyrrole nitrogens is 1. The van der Waals surface area contributed by atoms with Gasteiger partial charge in [-0.05, 0) is 41.8 Å². The lowest BCUT2D eigenvalue weighted by Crippen LogP contribution is -2.10. The van der Waals surface area contributed by atoms with Gasteiger partial charge in [-0.3, -0.25) is 23.1 Å². The predicted molar refractivity (Wildman–Crippen MR) is 162 cm³/mol. The number of aromatic nitrogens is 5. The molecule has 3 aromatic carbocycles. The Balaban J connectivity index is 1.17. The zero-order chi connectivity index (χ0) is 31.3. The Morgan fingerprint density at radius 2 is 1.58 bits per heavy atom. The van der Waals surface area contributed by atoms with E-state index < -0.39 is 19.6 Å². The Bertz CT molecular complexity index is 1870. The normalized spacial score (nSPS) is 12.2. The predicted octanol–water partition coefficient (Wildman–Crippen LogP) is 7.65. The molecule has 6 aromatic rings. The van der Waals surface area contributed by atoms with Crippen molar-refractivity contribution in [3.8, 4) is 11.4 Å². The molecule has 0 aliphatic rings. The fourth-order valence-electron chi connectivity index (χ4n) is 4.64. The van der Waals surface area contributed by atoms with E-state index >= 15 is 0 Å². The van der Waals surface area contributed by atoms with Crippen molar-refractivity contribution in [1.82, 2.24) is 24.6 Å². The third-order valence-corrected chi connectivity index (χ3v) is 8.24. The second-order valence-corrected chi connectivity index (χ2v) is 11.7. The van der Waals surface area contributed by atoms with Gasteiger partial charge in [-0.25, -0.2) is 14.5 Å². The van der Waals surface area contributed by atoms with Gasteiger partial charge >= 0.3 is 14.0 Å². The molecule has 0 aliphatic heterocycles. The molecule has 0 aliphatic carbocycles. The van der Waals surface area contributed by atoms with Crippen molar-refractivity contribution in [2.45, 2.75) is 25.8 Å². The van der Waals surface area contributed by atoms with E-state index in [9.17, 15) is 17.7 Å². The number of phosphoric acid groups is 1. The van der Waals surface area contributed by atoms with Crippen LogP contribution >= 0.6 is 7.82 Å². The van der Waals surface area contributed by atoms with Crippen LogP contribution < -0.4 is 5.32 Å². The Kier molecular flexibility index (Phi) is 8.95. The Hall–Kier alpha value is -4.55.